The summed E-state index contributed by atoms with van der Waals surface area (Å²) in [6.45, 7) is 7.29. The van der Waals surface area contributed by atoms with Gasteiger partial charge >= 0.3 is 6.09 Å². The quantitative estimate of drug-likeness (QED) is 0.828. The first kappa shape index (κ1) is 13.4. The third-order valence-corrected chi connectivity index (χ3v) is 1.94. The third kappa shape index (κ3) is 4.82. The lowest BCUT2D eigenvalue weighted by atomic mass is 10.2. The van der Waals surface area contributed by atoms with E-state index < -0.39 is 11.7 Å². The number of hydrogen-bond acceptors (Lipinski definition) is 4. The maximum Gasteiger partial charge on any atom is 0.413 e. The molecule has 5 heteroatoms. The average molecular weight is 237 g/mol. The van der Waals surface area contributed by atoms with Gasteiger partial charge in [-0.3, -0.25) is 5.32 Å². The number of carbonyl (C=O) groups is 1. The van der Waals surface area contributed by atoms with E-state index in [0.29, 0.717) is 5.82 Å². The van der Waals surface area contributed by atoms with Crippen LogP contribution in [0.2, 0.25) is 0 Å². The van der Waals surface area contributed by atoms with E-state index in [1.807, 2.05) is 13.0 Å². The largest absolute Gasteiger partial charge is 0.444 e. The zero-order chi connectivity index (χ0) is 13.1. The molecule has 1 unspecified atom stereocenters. The number of anilines is 1. The summed E-state index contributed by atoms with van der Waals surface area (Å²) in [5.74, 6) is 0.448. The van der Waals surface area contributed by atoms with Crippen LogP contribution < -0.4 is 11.1 Å². The molecule has 0 bridgehead atoms. The predicted octanol–water partition coefficient (Wildman–Crippen LogP) is 2.45. The lowest BCUT2D eigenvalue weighted by Crippen LogP contribution is -2.27. The van der Waals surface area contributed by atoms with Crippen molar-refractivity contribution in [3.63, 3.8) is 0 Å². The van der Waals surface area contributed by atoms with E-state index in [4.69, 9.17) is 10.5 Å². The van der Waals surface area contributed by atoms with Crippen molar-refractivity contribution in [1.82, 2.24) is 4.98 Å². The van der Waals surface area contributed by atoms with Gasteiger partial charge in [-0.2, -0.15) is 0 Å². The molecule has 3 N–H and O–H groups in total. The number of pyridine rings is 1. The van der Waals surface area contributed by atoms with Gasteiger partial charge in [-0.05, 0) is 39.3 Å². The smallest absolute Gasteiger partial charge is 0.413 e. The minimum atomic E-state index is -0.518. The van der Waals surface area contributed by atoms with Crippen LogP contribution in [0.3, 0.4) is 0 Å². The minimum absolute atomic E-state index is 0.0712. The number of carbonyl (C=O) groups excluding carboxylic acids is 1. The molecule has 1 rings (SSSR count). The Bertz CT molecular complexity index is 380. The van der Waals surface area contributed by atoms with Gasteiger partial charge < -0.3 is 10.5 Å². The van der Waals surface area contributed by atoms with E-state index in [1.54, 1.807) is 33.0 Å². The Morgan fingerprint density at radius 2 is 2.12 bits per heavy atom. The van der Waals surface area contributed by atoms with Crippen LogP contribution in [0.1, 0.15) is 39.3 Å². The van der Waals surface area contributed by atoms with Crippen LogP contribution in [0.5, 0.6) is 0 Å². The van der Waals surface area contributed by atoms with Crippen LogP contribution in [0.15, 0.2) is 18.3 Å². The monoisotopic (exact) mass is 237 g/mol. The third-order valence-electron chi connectivity index (χ3n) is 1.94. The van der Waals surface area contributed by atoms with Gasteiger partial charge in [0.25, 0.3) is 0 Å². The van der Waals surface area contributed by atoms with Gasteiger partial charge in [-0.15, -0.1) is 0 Å². The van der Waals surface area contributed by atoms with Gasteiger partial charge in [-0.25, -0.2) is 9.78 Å². The van der Waals surface area contributed by atoms with E-state index >= 15 is 0 Å². The van der Waals surface area contributed by atoms with Crippen molar-refractivity contribution in [1.29, 1.82) is 0 Å². The normalized spacial score (nSPS) is 13.0. The Balaban J connectivity index is 2.61. The number of nitrogens with two attached hydrogens (primary N) is 1. The summed E-state index contributed by atoms with van der Waals surface area (Å²) in [6, 6.07) is 3.45. The molecule has 0 aliphatic rings. The molecule has 0 aliphatic carbocycles. The van der Waals surface area contributed by atoms with Gasteiger partial charge in [-0.1, -0.05) is 6.07 Å². The molecule has 0 saturated heterocycles. The van der Waals surface area contributed by atoms with Gasteiger partial charge in [0.1, 0.15) is 11.4 Å². The number of ether oxygens (including phenoxy) is 1. The fraction of sp³-hybridized carbons (Fsp3) is 0.500. The molecular weight excluding hydrogens is 218 g/mol. The van der Waals surface area contributed by atoms with Crippen LogP contribution in [-0.4, -0.2) is 16.7 Å². The van der Waals surface area contributed by atoms with Crippen molar-refractivity contribution in [3.8, 4) is 0 Å². The fourth-order valence-electron chi connectivity index (χ4n) is 1.16. The number of hydrogen-bond donors (Lipinski definition) is 2. The first-order chi connectivity index (χ1) is 7.78. The first-order valence-corrected chi connectivity index (χ1v) is 5.49. The molecule has 1 heterocycles. The maximum atomic E-state index is 11.4. The van der Waals surface area contributed by atoms with Crippen LogP contribution in [0.25, 0.3) is 0 Å². The van der Waals surface area contributed by atoms with Crippen LogP contribution in [-0.2, 0) is 4.74 Å². The predicted molar refractivity (Wildman–Crippen MR) is 66.7 cm³/mol. The van der Waals surface area contributed by atoms with Crippen molar-refractivity contribution < 1.29 is 9.53 Å². The van der Waals surface area contributed by atoms with E-state index in [2.05, 4.69) is 10.3 Å². The summed E-state index contributed by atoms with van der Waals surface area (Å²) in [6.07, 6.45) is 1.12. The van der Waals surface area contributed by atoms with Gasteiger partial charge in [0.15, 0.2) is 0 Å². The second-order valence-electron chi connectivity index (χ2n) is 4.89. The Kier molecular flexibility index (Phi) is 4.07. The van der Waals surface area contributed by atoms with Crippen LogP contribution in [0.4, 0.5) is 10.6 Å². The van der Waals surface area contributed by atoms with E-state index in [-0.39, 0.29) is 6.04 Å². The topological polar surface area (TPSA) is 77.2 Å². The Morgan fingerprint density at radius 3 is 2.53 bits per heavy atom. The minimum Gasteiger partial charge on any atom is -0.444 e. The molecular formula is C12H19N3O2. The van der Waals surface area contributed by atoms with Crippen LogP contribution in [0, 0.1) is 0 Å². The molecule has 1 atom stereocenters. The molecule has 0 spiro atoms. The Morgan fingerprint density at radius 1 is 1.47 bits per heavy atom. The standard InChI is InChI=1S/C12H19N3O2/c1-8(13)9-5-6-10(14-7-9)15-11(16)17-12(2,3)4/h5-8H,13H2,1-4H3,(H,14,15,16). The van der Waals surface area contributed by atoms with Crippen molar-refractivity contribution in [3.05, 3.63) is 23.9 Å². The number of amides is 1. The molecule has 1 aromatic heterocycles. The zero-order valence-electron chi connectivity index (χ0n) is 10.7. The number of rotatable bonds is 2. The van der Waals surface area contributed by atoms with Crippen molar-refractivity contribution in [2.45, 2.75) is 39.3 Å². The molecule has 0 saturated carbocycles. The summed E-state index contributed by atoms with van der Waals surface area (Å²) < 4.78 is 5.10. The number of aromatic nitrogens is 1. The van der Waals surface area contributed by atoms with Gasteiger partial charge in [0.2, 0.25) is 0 Å². The van der Waals surface area contributed by atoms with E-state index in [0.717, 1.165) is 5.56 Å². The zero-order valence-corrected chi connectivity index (χ0v) is 10.7. The second-order valence-corrected chi connectivity index (χ2v) is 4.89. The summed E-state index contributed by atoms with van der Waals surface area (Å²) in [4.78, 5) is 15.5. The summed E-state index contributed by atoms with van der Waals surface area (Å²) in [5, 5.41) is 2.55. The Labute approximate surface area is 101 Å². The first-order valence-electron chi connectivity index (χ1n) is 5.49. The summed E-state index contributed by atoms with van der Waals surface area (Å²) in [5.41, 5.74) is 6.09. The second kappa shape index (κ2) is 5.14. The molecule has 1 aromatic rings. The van der Waals surface area contributed by atoms with Crippen molar-refractivity contribution in [2.75, 3.05) is 5.32 Å². The molecule has 0 aliphatic heterocycles. The molecule has 17 heavy (non-hydrogen) atoms. The van der Waals surface area contributed by atoms with Crippen LogP contribution >= 0.6 is 0 Å². The highest BCUT2D eigenvalue weighted by Crippen LogP contribution is 2.12. The number of nitrogens with zero attached hydrogens (tertiary/aromatic N) is 1. The van der Waals surface area contributed by atoms with E-state index in [9.17, 15) is 4.79 Å². The Hall–Kier alpha value is -1.62. The SMILES string of the molecule is CC(N)c1ccc(NC(=O)OC(C)(C)C)nc1. The highest BCUT2D eigenvalue weighted by Gasteiger charge is 2.16. The highest BCUT2D eigenvalue weighted by atomic mass is 16.6. The molecule has 0 aromatic carbocycles. The molecule has 94 valence electrons. The van der Waals surface area contributed by atoms with Gasteiger partial charge in [0.05, 0.1) is 0 Å². The lowest BCUT2D eigenvalue weighted by molar-refractivity contribution is 0.0635. The lowest BCUT2D eigenvalue weighted by Gasteiger charge is -2.19. The van der Waals surface area contributed by atoms with E-state index in [1.165, 1.54) is 0 Å². The maximum absolute atomic E-state index is 11.4. The number of nitrogens with one attached hydrogen (secondary N) is 1. The molecule has 1 amide bonds. The fourth-order valence-corrected chi connectivity index (χ4v) is 1.16. The molecule has 0 fully saturated rings. The summed E-state index contributed by atoms with van der Waals surface area (Å²) in [7, 11) is 0. The molecule has 5 nitrogen and oxygen atoms in total. The van der Waals surface area contributed by atoms with Crippen molar-refractivity contribution in [2.24, 2.45) is 5.73 Å². The molecule has 0 radical (unpaired) electrons. The van der Waals surface area contributed by atoms with Crippen molar-refractivity contribution >= 4 is 11.9 Å². The average Bonchev–Trinajstić information content (AvgIpc) is 2.15. The van der Waals surface area contributed by atoms with Gasteiger partial charge in [0, 0.05) is 12.2 Å². The highest BCUT2D eigenvalue weighted by molar-refractivity contribution is 5.83. The summed E-state index contributed by atoms with van der Waals surface area (Å²) >= 11 is 0.